The Morgan fingerprint density at radius 3 is 2.23 bits per heavy atom. The Hall–Kier alpha value is -1.69. The molecule has 0 spiro atoms. The van der Waals surface area contributed by atoms with Crippen molar-refractivity contribution < 1.29 is 17.7 Å². The van der Waals surface area contributed by atoms with Gasteiger partial charge in [-0.25, -0.2) is 0 Å². The fourth-order valence-corrected chi connectivity index (χ4v) is 3.04. The highest BCUT2D eigenvalue weighted by Crippen LogP contribution is 2.23. The molecule has 2 atom stereocenters. The summed E-state index contributed by atoms with van der Waals surface area (Å²) in [5, 5.41) is 10.2. The van der Waals surface area contributed by atoms with E-state index in [4.69, 9.17) is 4.18 Å². The predicted octanol–water partition coefficient (Wildman–Crippen LogP) is 3.07. The summed E-state index contributed by atoms with van der Waals surface area (Å²) in [5.74, 6) is -0.345. The second-order valence-corrected chi connectivity index (χ2v) is 7.00. The van der Waals surface area contributed by atoms with E-state index in [0.29, 0.717) is 0 Å². The van der Waals surface area contributed by atoms with E-state index in [-0.39, 0.29) is 17.4 Å². The van der Waals surface area contributed by atoms with Crippen LogP contribution in [0, 0.1) is 12.8 Å². The van der Waals surface area contributed by atoms with Crippen LogP contribution in [0.5, 0.6) is 0 Å². The monoisotopic (exact) mass is 320 g/mol. The molecule has 118 valence electrons. The summed E-state index contributed by atoms with van der Waals surface area (Å²) in [4.78, 5) is 0.125. The van der Waals surface area contributed by atoms with E-state index in [1.54, 1.807) is 31.2 Å². The van der Waals surface area contributed by atoms with Crippen molar-refractivity contribution >= 4 is 10.1 Å². The molecule has 0 saturated carbocycles. The van der Waals surface area contributed by atoms with Gasteiger partial charge in [-0.2, -0.15) is 8.42 Å². The molecular weight excluding hydrogens is 300 g/mol. The number of aliphatic hydroxyl groups excluding tert-OH is 1. The van der Waals surface area contributed by atoms with Gasteiger partial charge in [-0.1, -0.05) is 55.0 Å². The lowest BCUT2D eigenvalue weighted by Gasteiger charge is -2.19. The van der Waals surface area contributed by atoms with E-state index in [9.17, 15) is 13.5 Å². The Kier molecular flexibility index (Phi) is 5.34. The van der Waals surface area contributed by atoms with Crippen LogP contribution in [0.2, 0.25) is 0 Å². The van der Waals surface area contributed by atoms with Crippen molar-refractivity contribution in [3.63, 3.8) is 0 Å². The van der Waals surface area contributed by atoms with Crippen LogP contribution in [0.4, 0.5) is 0 Å². The van der Waals surface area contributed by atoms with E-state index in [1.807, 2.05) is 25.1 Å². The standard InChI is InChI=1S/C17H20O4S/c1-13-8-10-16(11-9-13)22(19,20)21-12-14(2)17(18)15-6-4-3-5-7-15/h3-11,14,17-18H,12H2,1-2H3/t14-,17-/m0/s1. The van der Waals surface area contributed by atoms with Gasteiger partial charge in [0.1, 0.15) is 0 Å². The van der Waals surface area contributed by atoms with E-state index in [2.05, 4.69) is 0 Å². The van der Waals surface area contributed by atoms with Crippen LogP contribution in [0.15, 0.2) is 59.5 Å². The molecule has 2 rings (SSSR count). The molecule has 1 N–H and O–H groups in total. The van der Waals surface area contributed by atoms with Crippen molar-refractivity contribution in [3.05, 3.63) is 65.7 Å². The molecule has 0 bridgehead atoms. The molecule has 4 nitrogen and oxygen atoms in total. The summed E-state index contributed by atoms with van der Waals surface area (Å²) >= 11 is 0. The summed E-state index contributed by atoms with van der Waals surface area (Å²) in [6, 6.07) is 15.6. The van der Waals surface area contributed by atoms with Crippen LogP contribution in [0.3, 0.4) is 0 Å². The molecule has 0 aliphatic rings. The lowest BCUT2D eigenvalue weighted by atomic mass is 9.98. The molecule has 0 heterocycles. The topological polar surface area (TPSA) is 63.6 Å². The normalized spacial score (nSPS) is 14.5. The number of aryl methyl sites for hydroxylation is 1. The highest BCUT2D eigenvalue weighted by molar-refractivity contribution is 7.86. The molecule has 5 heteroatoms. The third-order valence-electron chi connectivity index (χ3n) is 3.48. The molecular formula is C17H20O4S. The van der Waals surface area contributed by atoms with Gasteiger partial charge in [0.15, 0.2) is 0 Å². The number of rotatable bonds is 6. The largest absolute Gasteiger partial charge is 0.388 e. The van der Waals surface area contributed by atoms with Crippen molar-refractivity contribution in [2.24, 2.45) is 5.92 Å². The molecule has 0 aliphatic heterocycles. The first-order chi connectivity index (χ1) is 10.4. The first-order valence-corrected chi connectivity index (χ1v) is 8.50. The van der Waals surface area contributed by atoms with Gasteiger partial charge in [0.05, 0.1) is 17.6 Å². The quantitative estimate of drug-likeness (QED) is 0.831. The average molecular weight is 320 g/mol. The number of benzene rings is 2. The zero-order valence-corrected chi connectivity index (χ0v) is 13.5. The van der Waals surface area contributed by atoms with Crippen LogP contribution in [-0.4, -0.2) is 20.1 Å². The third kappa shape index (κ3) is 4.16. The van der Waals surface area contributed by atoms with Crippen LogP contribution in [0.25, 0.3) is 0 Å². The molecule has 0 aliphatic carbocycles. The maximum atomic E-state index is 12.1. The van der Waals surface area contributed by atoms with Crippen molar-refractivity contribution in [2.75, 3.05) is 6.61 Å². The summed E-state index contributed by atoms with van der Waals surface area (Å²) in [5.41, 5.74) is 1.72. The van der Waals surface area contributed by atoms with Gasteiger partial charge in [-0.05, 0) is 24.6 Å². The van der Waals surface area contributed by atoms with Crippen molar-refractivity contribution in [1.29, 1.82) is 0 Å². The van der Waals surface area contributed by atoms with Crippen LogP contribution in [-0.2, 0) is 14.3 Å². The minimum atomic E-state index is -3.80. The maximum absolute atomic E-state index is 12.1. The van der Waals surface area contributed by atoms with E-state index < -0.39 is 16.2 Å². The van der Waals surface area contributed by atoms with E-state index >= 15 is 0 Å². The molecule has 0 saturated heterocycles. The summed E-state index contributed by atoms with van der Waals surface area (Å²) < 4.78 is 29.3. The van der Waals surface area contributed by atoms with Gasteiger partial charge >= 0.3 is 0 Å². The highest BCUT2D eigenvalue weighted by atomic mass is 32.2. The van der Waals surface area contributed by atoms with Crippen LogP contribution < -0.4 is 0 Å². The lowest BCUT2D eigenvalue weighted by Crippen LogP contribution is -2.18. The second-order valence-electron chi connectivity index (χ2n) is 5.38. The molecule has 2 aromatic rings. The fourth-order valence-electron chi connectivity index (χ4n) is 2.04. The van der Waals surface area contributed by atoms with Gasteiger partial charge in [0.25, 0.3) is 10.1 Å². The highest BCUT2D eigenvalue weighted by Gasteiger charge is 2.21. The molecule has 0 amide bonds. The molecule has 0 aromatic heterocycles. The predicted molar refractivity (Wildman–Crippen MR) is 84.9 cm³/mol. The maximum Gasteiger partial charge on any atom is 0.296 e. The first-order valence-electron chi connectivity index (χ1n) is 7.09. The Bertz CT molecular complexity index is 693. The molecule has 0 fully saturated rings. The minimum Gasteiger partial charge on any atom is -0.388 e. The summed E-state index contributed by atoms with van der Waals surface area (Å²) in [6.07, 6.45) is -0.769. The van der Waals surface area contributed by atoms with Gasteiger partial charge in [-0.3, -0.25) is 4.18 Å². The molecule has 2 aromatic carbocycles. The zero-order valence-electron chi connectivity index (χ0n) is 12.6. The number of aliphatic hydroxyl groups is 1. The van der Waals surface area contributed by atoms with Crippen LogP contribution >= 0.6 is 0 Å². The van der Waals surface area contributed by atoms with Crippen molar-refractivity contribution in [2.45, 2.75) is 24.8 Å². The molecule has 0 unspecified atom stereocenters. The van der Waals surface area contributed by atoms with Gasteiger partial charge in [-0.15, -0.1) is 0 Å². The van der Waals surface area contributed by atoms with Crippen LogP contribution in [0.1, 0.15) is 24.2 Å². The Morgan fingerprint density at radius 2 is 1.64 bits per heavy atom. The van der Waals surface area contributed by atoms with Gasteiger partial charge in [0, 0.05) is 5.92 Å². The number of hydrogen-bond acceptors (Lipinski definition) is 4. The minimum absolute atomic E-state index is 0.0771. The SMILES string of the molecule is Cc1ccc(S(=O)(=O)OC[C@H](C)[C@H](O)c2ccccc2)cc1. The second kappa shape index (κ2) is 7.05. The Labute approximate surface area is 131 Å². The van der Waals surface area contributed by atoms with E-state index in [0.717, 1.165) is 11.1 Å². The first kappa shape index (κ1) is 16.7. The van der Waals surface area contributed by atoms with Crippen molar-refractivity contribution in [3.8, 4) is 0 Å². The molecule has 22 heavy (non-hydrogen) atoms. The Balaban J connectivity index is 2.01. The Morgan fingerprint density at radius 1 is 1.05 bits per heavy atom. The summed E-state index contributed by atoms with van der Waals surface area (Å²) in [7, 11) is -3.80. The average Bonchev–Trinajstić information content (AvgIpc) is 2.53. The molecule has 0 radical (unpaired) electrons. The zero-order chi connectivity index (χ0) is 16.2. The van der Waals surface area contributed by atoms with Crippen molar-refractivity contribution in [1.82, 2.24) is 0 Å². The smallest absolute Gasteiger partial charge is 0.296 e. The van der Waals surface area contributed by atoms with Gasteiger partial charge in [0.2, 0.25) is 0 Å². The third-order valence-corrected chi connectivity index (χ3v) is 4.77. The van der Waals surface area contributed by atoms with Gasteiger partial charge < -0.3 is 5.11 Å². The fraction of sp³-hybridized carbons (Fsp3) is 0.294. The van der Waals surface area contributed by atoms with E-state index in [1.165, 1.54) is 12.1 Å². The number of hydrogen-bond donors (Lipinski definition) is 1. The summed E-state index contributed by atoms with van der Waals surface area (Å²) in [6.45, 7) is 3.56. The lowest BCUT2D eigenvalue weighted by molar-refractivity contribution is 0.0864.